The van der Waals surface area contributed by atoms with E-state index in [1.807, 2.05) is 12.1 Å². The second kappa shape index (κ2) is 5.03. The average Bonchev–Trinajstić information content (AvgIpc) is 2.39. The highest BCUT2D eigenvalue weighted by Gasteiger charge is 2.19. The van der Waals surface area contributed by atoms with Crippen molar-refractivity contribution in [3.63, 3.8) is 0 Å². The zero-order chi connectivity index (χ0) is 12.3. The number of hydrogen-bond acceptors (Lipinski definition) is 4. The second-order valence-electron chi connectivity index (χ2n) is 4.53. The quantitative estimate of drug-likeness (QED) is 0.351. The summed E-state index contributed by atoms with van der Waals surface area (Å²) in [4.78, 5) is 6.44. The molecule has 0 aromatic carbocycles. The first-order valence-corrected chi connectivity index (χ1v) is 5.90. The minimum absolute atomic E-state index is 0.0687. The Kier molecular flexibility index (Phi) is 3.46. The zero-order valence-corrected chi connectivity index (χ0v) is 10.0. The molecule has 17 heavy (non-hydrogen) atoms. The molecule has 1 aliphatic rings. The van der Waals surface area contributed by atoms with Crippen molar-refractivity contribution in [2.45, 2.75) is 19.8 Å². The van der Waals surface area contributed by atoms with Crippen LogP contribution < -0.4 is 10.6 Å². The van der Waals surface area contributed by atoms with Gasteiger partial charge in [-0.1, -0.05) is 12.1 Å². The third kappa shape index (κ3) is 2.49. The lowest BCUT2D eigenvalue weighted by atomic mass is 9.98. The van der Waals surface area contributed by atoms with Crippen LogP contribution in [-0.4, -0.2) is 29.1 Å². The van der Waals surface area contributed by atoms with E-state index >= 15 is 0 Å². The summed E-state index contributed by atoms with van der Waals surface area (Å²) in [5.74, 6) is 0.842. The van der Waals surface area contributed by atoms with Crippen LogP contribution in [0.25, 0.3) is 0 Å². The van der Waals surface area contributed by atoms with Crippen LogP contribution in [0.3, 0.4) is 0 Å². The van der Waals surface area contributed by atoms with Crippen molar-refractivity contribution in [1.82, 2.24) is 4.98 Å². The summed E-state index contributed by atoms with van der Waals surface area (Å²) in [6, 6.07) is 3.85. The lowest BCUT2D eigenvalue weighted by molar-refractivity contribution is 0.318. The Bertz CT molecular complexity index is 411. The molecule has 1 saturated heterocycles. The topological polar surface area (TPSA) is 74.7 Å². The molecule has 1 aliphatic heterocycles. The van der Waals surface area contributed by atoms with Gasteiger partial charge in [0.15, 0.2) is 5.84 Å². The van der Waals surface area contributed by atoms with Gasteiger partial charge in [0.2, 0.25) is 0 Å². The molecule has 0 amide bonds. The van der Waals surface area contributed by atoms with E-state index in [2.05, 4.69) is 22.0 Å². The largest absolute Gasteiger partial charge is 0.409 e. The van der Waals surface area contributed by atoms with Crippen LogP contribution in [0, 0.1) is 5.92 Å². The van der Waals surface area contributed by atoms with Gasteiger partial charge in [-0.25, -0.2) is 0 Å². The molecule has 1 aromatic rings. The summed E-state index contributed by atoms with van der Waals surface area (Å²) in [5.41, 5.74) is 7.15. The average molecular weight is 234 g/mol. The highest BCUT2D eigenvalue weighted by atomic mass is 16.4. The molecule has 0 atom stereocenters. The van der Waals surface area contributed by atoms with Gasteiger partial charge in [-0.3, -0.25) is 4.98 Å². The maximum Gasteiger partial charge on any atom is 0.190 e. The van der Waals surface area contributed by atoms with Crippen molar-refractivity contribution in [3.8, 4) is 0 Å². The van der Waals surface area contributed by atoms with Crippen molar-refractivity contribution in [2.75, 3.05) is 18.0 Å². The number of nitrogens with zero attached hydrogens (tertiary/aromatic N) is 3. The molecule has 1 fully saturated rings. The van der Waals surface area contributed by atoms with Gasteiger partial charge in [0.1, 0.15) is 5.69 Å². The van der Waals surface area contributed by atoms with Crippen molar-refractivity contribution in [3.05, 3.63) is 24.0 Å². The molecule has 92 valence electrons. The first kappa shape index (κ1) is 11.7. The minimum atomic E-state index is 0.0687. The number of anilines is 1. The number of piperidine rings is 1. The van der Waals surface area contributed by atoms with E-state index in [4.69, 9.17) is 10.9 Å². The molecule has 0 bridgehead atoms. The van der Waals surface area contributed by atoms with Gasteiger partial charge in [0, 0.05) is 19.3 Å². The van der Waals surface area contributed by atoms with E-state index in [9.17, 15) is 0 Å². The van der Waals surface area contributed by atoms with Gasteiger partial charge in [-0.2, -0.15) is 0 Å². The Hall–Kier alpha value is -1.78. The number of pyridine rings is 1. The van der Waals surface area contributed by atoms with Crippen LogP contribution in [0.4, 0.5) is 5.69 Å². The molecule has 0 spiro atoms. The normalized spacial score (nSPS) is 18.4. The maximum absolute atomic E-state index is 8.76. The van der Waals surface area contributed by atoms with Gasteiger partial charge in [-0.15, -0.1) is 0 Å². The number of nitrogens with two attached hydrogens (primary N) is 1. The molecular formula is C12H18N4O. The number of oxime groups is 1. The fourth-order valence-electron chi connectivity index (χ4n) is 2.15. The summed E-state index contributed by atoms with van der Waals surface area (Å²) >= 11 is 0. The molecule has 5 heteroatoms. The number of hydrogen-bond donors (Lipinski definition) is 2. The van der Waals surface area contributed by atoms with Crippen LogP contribution in [0.1, 0.15) is 25.5 Å². The van der Waals surface area contributed by atoms with Crippen LogP contribution in [0.2, 0.25) is 0 Å². The smallest absolute Gasteiger partial charge is 0.190 e. The maximum atomic E-state index is 8.76. The number of rotatable bonds is 2. The van der Waals surface area contributed by atoms with Gasteiger partial charge in [0.05, 0.1) is 5.69 Å². The Morgan fingerprint density at radius 2 is 2.24 bits per heavy atom. The van der Waals surface area contributed by atoms with Crippen molar-refractivity contribution in [2.24, 2.45) is 16.8 Å². The predicted octanol–water partition coefficient (Wildman–Crippen LogP) is 1.41. The van der Waals surface area contributed by atoms with Gasteiger partial charge in [-0.05, 0) is 30.9 Å². The molecular weight excluding hydrogens is 216 g/mol. The van der Waals surface area contributed by atoms with E-state index in [-0.39, 0.29) is 5.84 Å². The minimum Gasteiger partial charge on any atom is -0.409 e. The molecule has 0 unspecified atom stereocenters. The Labute approximate surface area is 101 Å². The molecule has 0 saturated carbocycles. The third-order valence-electron chi connectivity index (χ3n) is 3.26. The van der Waals surface area contributed by atoms with E-state index in [1.54, 1.807) is 6.20 Å². The van der Waals surface area contributed by atoms with E-state index < -0.39 is 0 Å². The van der Waals surface area contributed by atoms with Crippen molar-refractivity contribution in [1.29, 1.82) is 0 Å². The summed E-state index contributed by atoms with van der Waals surface area (Å²) in [6.07, 6.45) is 4.00. The van der Waals surface area contributed by atoms with E-state index in [0.717, 1.165) is 24.7 Å². The van der Waals surface area contributed by atoms with Gasteiger partial charge >= 0.3 is 0 Å². The molecule has 0 radical (unpaired) electrons. The van der Waals surface area contributed by atoms with Gasteiger partial charge < -0.3 is 15.8 Å². The summed E-state index contributed by atoms with van der Waals surface area (Å²) in [5, 5.41) is 11.8. The zero-order valence-electron chi connectivity index (χ0n) is 10.0. The number of amidine groups is 1. The fraction of sp³-hybridized carbons (Fsp3) is 0.500. The lowest BCUT2D eigenvalue weighted by Crippen LogP contribution is -2.34. The molecule has 5 nitrogen and oxygen atoms in total. The highest BCUT2D eigenvalue weighted by molar-refractivity contribution is 6.00. The van der Waals surface area contributed by atoms with E-state index in [1.165, 1.54) is 12.8 Å². The summed E-state index contributed by atoms with van der Waals surface area (Å²) in [7, 11) is 0. The Balaban J connectivity index is 2.26. The number of aromatic nitrogens is 1. The van der Waals surface area contributed by atoms with Crippen LogP contribution in [-0.2, 0) is 0 Å². The van der Waals surface area contributed by atoms with Crippen LogP contribution in [0.15, 0.2) is 23.5 Å². The second-order valence-corrected chi connectivity index (χ2v) is 4.53. The highest BCUT2D eigenvalue weighted by Crippen LogP contribution is 2.24. The summed E-state index contributed by atoms with van der Waals surface area (Å²) in [6.45, 7) is 4.27. The lowest BCUT2D eigenvalue weighted by Gasteiger charge is -2.32. The summed E-state index contributed by atoms with van der Waals surface area (Å²) < 4.78 is 0. The fourth-order valence-corrected chi connectivity index (χ4v) is 2.15. The molecule has 2 rings (SSSR count). The molecule has 3 N–H and O–H groups in total. The standard InChI is InChI=1S/C12H18N4O/c1-9-4-7-16(8-5-9)10-3-2-6-14-11(10)12(13)15-17/h2-3,6,9,17H,4-5,7-8H2,1H3,(H2,13,15). The molecule has 0 aliphatic carbocycles. The van der Waals surface area contributed by atoms with E-state index in [0.29, 0.717) is 5.69 Å². The van der Waals surface area contributed by atoms with Crippen molar-refractivity contribution < 1.29 is 5.21 Å². The molecule has 2 heterocycles. The monoisotopic (exact) mass is 234 g/mol. The molecule has 1 aromatic heterocycles. The Morgan fingerprint density at radius 1 is 1.53 bits per heavy atom. The predicted molar refractivity (Wildman–Crippen MR) is 67.4 cm³/mol. The van der Waals surface area contributed by atoms with Gasteiger partial charge in [0.25, 0.3) is 0 Å². The Morgan fingerprint density at radius 3 is 2.88 bits per heavy atom. The van der Waals surface area contributed by atoms with Crippen LogP contribution in [0.5, 0.6) is 0 Å². The SMILES string of the molecule is CC1CCN(c2cccnc2/C(N)=N/O)CC1. The third-order valence-corrected chi connectivity index (χ3v) is 3.26. The first-order chi connectivity index (χ1) is 8.22. The van der Waals surface area contributed by atoms with Crippen molar-refractivity contribution >= 4 is 11.5 Å². The first-order valence-electron chi connectivity index (χ1n) is 5.90. The van der Waals surface area contributed by atoms with Crippen LogP contribution >= 0.6 is 0 Å².